The average molecular weight is 462 g/mol. The molecule has 0 aliphatic heterocycles. The number of carbonyl (C=O) groups is 2. The molecule has 0 radical (unpaired) electrons. The van der Waals surface area contributed by atoms with Crippen molar-refractivity contribution in [1.29, 1.82) is 0 Å². The van der Waals surface area contributed by atoms with Crippen LogP contribution in [-0.4, -0.2) is 36.8 Å². The van der Waals surface area contributed by atoms with Crippen molar-refractivity contribution >= 4 is 34.0 Å². The smallest absolute Gasteiger partial charge is 0.196 e. The fraction of sp³-hybridized carbons (Fsp3) is 0.0370. The van der Waals surface area contributed by atoms with Crippen molar-refractivity contribution < 1.29 is 19.8 Å². The van der Waals surface area contributed by atoms with Gasteiger partial charge in [-0.25, -0.2) is 0 Å². The molecule has 0 saturated heterocycles. The number of aromatic hydroxyl groups is 2. The number of carbonyl (C=O) groups excluding carboxylic acids is 2. The average Bonchev–Trinajstić information content (AvgIpc) is 3.28. The predicted molar refractivity (Wildman–Crippen MR) is 130 cm³/mol. The second-order valence-electron chi connectivity index (χ2n) is 8.38. The number of aryl methyl sites for hydroxylation is 1. The van der Waals surface area contributed by atoms with E-state index in [1.54, 1.807) is 67.6 Å². The maximum absolute atomic E-state index is 13.3. The number of anilines is 2. The van der Waals surface area contributed by atoms with Crippen LogP contribution in [0.5, 0.6) is 11.5 Å². The van der Waals surface area contributed by atoms with Gasteiger partial charge in [0.2, 0.25) is 0 Å². The second-order valence-corrected chi connectivity index (χ2v) is 8.38. The van der Waals surface area contributed by atoms with Crippen LogP contribution in [0.4, 0.5) is 11.4 Å². The lowest BCUT2D eigenvalue weighted by atomic mass is 9.83. The summed E-state index contributed by atoms with van der Waals surface area (Å²) in [6, 6.07) is 20.1. The Morgan fingerprint density at radius 2 is 1.49 bits per heavy atom. The topological polar surface area (TPSA) is 117 Å². The highest BCUT2D eigenvalue weighted by Gasteiger charge is 2.31. The molecule has 0 fully saturated rings. The number of hydrogen-bond donors (Lipinski definition) is 3. The van der Waals surface area contributed by atoms with E-state index in [0.717, 1.165) is 0 Å². The molecule has 8 nitrogen and oxygen atoms in total. The second kappa shape index (κ2) is 7.53. The van der Waals surface area contributed by atoms with Gasteiger partial charge in [-0.2, -0.15) is 0 Å². The molecule has 1 aliphatic carbocycles. The molecule has 6 rings (SSSR count). The molecular formula is C27H18N4O4. The van der Waals surface area contributed by atoms with Gasteiger partial charge in [-0.1, -0.05) is 36.4 Å². The monoisotopic (exact) mass is 462 g/mol. The van der Waals surface area contributed by atoms with Crippen LogP contribution in [0.2, 0.25) is 0 Å². The van der Waals surface area contributed by atoms with E-state index in [9.17, 15) is 19.8 Å². The third-order valence-electron chi connectivity index (χ3n) is 6.09. The third kappa shape index (κ3) is 3.23. The number of ketones is 2. The minimum atomic E-state index is -0.208. The van der Waals surface area contributed by atoms with E-state index in [-0.39, 0.29) is 28.8 Å². The van der Waals surface area contributed by atoms with Gasteiger partial charge in [-0.3, -0.25) is 9.59 Å². The summed E-state index contributed by atoms with van der Waals surface area (Å²) >= 11 is 0. The fourth-order valence-electron chi connectivity index (χ4n) is 4.40. The van der Waals surface area contributed by atoms with E-state index in [0.29, 0.717) is 50.2 Å². The first-order valence-corrected chi connectivity index (χ1v) is 10.9. The number of benzene rings is 4. The lowest BCUT2D eigenvalue weighted by molar-refractivity contribution is 0.0979. The van der Waals surface area contributed by atoms with Gasteiger partial charge < -0.3 is 15.5 Å². The largest absolute Gasteiger partial charge is 0.508 e. The van der Waals surface area contributed by atoms with Crippen LogP contribution < -0.4 is 5.32 Å². The molecule has 0 amide bonds. The van der Waals surface area contributed by atoms with Crippen molar-refractivity contribution in [2.75, 3.05) is 5.32 Å². The SMILES string of the molecule is Cc1cc(O)cc(-n2nc3ccc(Nc4cccc5c4C(=O)c4ccccc4C5=O)cc3n2)c1O. The maximum Gasteiger partial charge on any atom is 0.196 e. The van der Waals surface area contributed by atoms with Gasteiger partial charge in [-0.05, 0) is 42.8 Å². The lowest BCUT2D eigenvalue weighted by Crippen LogP contribution is -2.22. The Kier molecular flexibility index (Phi) is 4.43. The Hall–Kier alpha value is -4.98. The van der Waals surface area contributed by atoms with Crippen molar-refractivity contribution in [3.8, 4) is 17.2 Å². The number of nitrogens with zero attached hydrogens (tertiary/aromatic N) is 3. The summed E-state index contributed by atoms with van der Waals surface area (Å²) in [4.78, 5) is 27.5. The summed E-state index contributed by atoms with van der Waals surface area (Å²) in [5.74, 6) is -0.423. The predicted octanol–water partition coefficient (Wildman–Crippen LogP) is 4.66. The normalized spacial score (nSPS) is 12.5. The van der Waals surface area contributed by atoms with Crippen LogP contribution in [0.1, 0.15) is 37.4 Å². The zero-order valence-electron chi connectivity index (χ0n) is 18.5. The summed E-state index contributed by atoms with van der Waals surface area (Å²) in [6.45, 7) is 1.68. The summed E-state index contributed by atoms with van der Waals surface area (Å²) < 4.78 is 0. The highest BCUT2D eigenvalue weighted by molar-refractivity contribution is 6.30. The van der Waals surface area contributed by atoms with Gasteiger partial charge in [0.05, 0.1) is 11.3 Å². The van der Waals surface area contributed by atoms with Crippen LogP contribution in [0.15, 0.2) is 72.8 Å². The van der Waals surface area contributed by atoms with Crippen molar-refractivity contribution in [2.24, 2.45) is 0 Å². The highest BCUT2D eigenvalue weighted by atomic mass is 16.3. The fourth-order valence-corrected chi connectivity index (χ4v) is 4.40. The minimum Gasteiger partial charge on any atom is -0.508 e. The van der Waals surface area contributed by atoms with E-state index in [1.807, 2.05) is 0 Å². The first-order chi connectivity index (χ1) is 16.9. The molecule has 35 heavy (non-hydrogen) atoms. The molecule has 0 saturated carbocycles. The summed E-state index contributed by atoms with van der Waals surface area (Å²) in [6.07, 6.45) is 0. The number of rotatable bonds is 3. The number of nitrogens with one attached hydrogen (secondary N) is 1. The van der Waals surface area contributed by atoms with Crippen molar-refractivity contribution in [1.82, 2.24) is 15.0 Å². The van der Waals surface area contributed by atoms with Gasteiger partial charge in [0, 0.05) is 28.4 Å². The summed E-state index contributed by atoms with van der Waals surface area (Å²) in [7, 11) is 0. The van der Waals surface area contributed by atoms with Gasteiger partial charge in [0.15, 0.2) is 11.6 Å². The van der Waals surface area contributed by atoms with Crippen LogP contribution in [0.25, 0.3) is 16.7 Å². The standard InChI is InChI=1S/C27H18N4O4/c1-14-11-16(32)13-23(25(14)33)31-29-20-10-9-15(12-22(20)30-31)28-21-8-4-7-19-24(21)27(35)18-6-3-2-5-17(18)26(19)34/h2-13,28,32-33H,1H3. The Labute approximate surface area is 199 Å². The molecular weight excluding hydrogens is 444 g/mol. The molecule has 3 N–H and O–H groups in total. The maximum atomic E-state index is 13.3. The van der Waals surface area contributed by atoms with Gasteiger partial charge >= 0.3 is 0 Å². The number of phenols is 2. The Morgan fingerprint density at radius 1 is 0.771 bits per heavy atom. The zero-order valence-corrected chi connectivity index (χ0v) is 18.5. The highest BCUT2D eigenvalue weighted by Crippen LogP contribution is 2.34. The van der Waals surface area contributed by atoms with Crippen molar-refractivity contribution in [2.45, 2.75) is 6.92 Å². The van der Waals surface area contributed by atoms with Crippen LogP contribution in [0.3, 0.4) is 0 Å². The van der Waals surface area contributed by atoms with E-state index < -0.39 is 0 Å². The van der Waals surface area contributed by atoms with E-state index in [1.165, 1.54) is 16.9 Å². The van der Waals surface area contributed by atoms with Gasteiger partial charge in [0.25, 0.3) is 0 Å². The van der Waals surface area contributed by atoms with Gasteiger partial charge in [-0.15, -0.1) is 15.0 Å². The molecule has 1 aromatic heterocycles. The van der Waals surface area contributed by atoms with Crippen molar-refractivity contribution in [3.63, 3.8) is 0 Å². The molecule has 4 aromatic carbocycles. The minimum absolute atomic E-state index is 0.00588. The molecule has 8 heteroatoms. The summed E-state index contributed by atoms with van der Waals surface area (Å²) in [5, 5.41) is 32.4. The Morgan fingerprint density at radius 3 is 2.29 bits per heavy atom. The van der Waals surface area contributed by atoms with Gasteiger partial charge in [0.1, 0.15) is 28.2 Å². The molecule has 0 atom stereocenters. The number of fused-ring (bicyclic) bond motifs is 3. The molecule has 0 spiro atoms. The Balaban J connectivity index is 1.39. The molecule has 0 unspecified atom stereocenters. The number of aromatic nitrogens is 3. The third-order valence-corrected chi connectivity index (χ3v) is 6.09. The molecule has 5 aromatic rings. The Bertz CT molecular complexity index is 1700. The lowest BCUT2D eigenvalue weighted by Gasteiger charge is -2.20. The molecule has 170 valence electrons. The zero-order chi connectivity index (χ0) is 24.3. The van der Waals surface area contributed by atoms with E-state index in [4.69, 9.17) is 0 Å². The first kappa shape index (κ1) is 20.6. The van der Waals surface area contributed by atoms with E-state index in [2.05, 4.69) is 15.5 Å². The quantitative estimate of drug-likeness (QED) is 0.328. The molecule has 0 bridgehead atoms. The summed E-state index contributed by atoms with van der Waals surface area (Å²) in [5.41, 5.74) is 4.52. The van der Waals surface area contributed by atoms with Crippen LogP contribution in [0, 0.1) is 6.92 Å². The number of hydrogen-bond acceptors (Lipinski definition) is 7. The van der Waals surface area contributed by atoms with E-state index >= 15 is 0 Å². The van der Waals surface area contributed by atoms with Crippen LogP contribution >= 0.6 is 0 Å². The van der Waals surface area contributed by atoms with Crippen molar-refractivity contribution in [3.05, 3.63) is 101 Å². The molecule has 1 aliphatic rings. The van der Waals surface area contributed by atoms with Crippen LogP contribution in [-0.2, 0) is 0 Å². The molecule has 1 heterocycles. The first-order valence-electron chi connectivity index (χ1n) is 10.9. The number of phenolic OH excluding ortho intramolecular Hbond substituents is 2.